The van der Waals surface area contributed by atoms with Crippen molar-refractivity contribution in [1.82, 2.24) is 5.43 Å². The zero-order valence-electron chi connectivity index (χ0n) is 10.7. The van der Waals surface area contributed by atoms with E-state index in [-0.39, 0.29) is 5.90 Å². The van der Waals surface area contributed by atoms with Crippen molar-refractivity contribution < 1.29 is 13.5 Å². The van der Waals surface area contributed by atoms with Gasteiger partial charge in [-0.2, -0.15) is 0 Å². The molecule has 0 bridgehead atoms. The molecule has 0 fully saturated rings. The number of para-hydroxylation sites is 1. The van der Waals surface area contributed by atoms with Gasteiger partial charge in [-0.25, -0.2) is 13.8 Å². The fraction of sp³-hybridized carbons (Fsp3) is 0.154. The maximum Gasteiger partial charge on any atom is 0.219 e. The van der Waals surface area contributed by atoms with E-state index in [1.807, 2.05) is 0 Å². The van der Waals surface area contributed by atoms with E-state index >= 15 is 0 Å². The van der Waals surface area contributed by atoms with Gasteiger partial charge in [0.1, 0.15) is 0 Å². The molecule has 0 saturated heterocycles. The van der Waals surface area contributed by atoms with Crippen molar-refractivity contribution in [3.05, 3.63) is 53.9 Å². The average Bonchev–Trinajstić information content (AvgIpc) is 2.39. The minimum Gasteiger partial charge on any atom is -0.433 e. The first-order valence-electron chi connectivity index (χ1n) is 5.54. The molecule has 102 valence electrons. The van der Waals surface area contributed by atoms with Crippen molar-refractivity contribution in [2.45, 2.75) is 13.8 Å². The zero-order valence-corrected chi connectivity index (χ0v) is 10.7. The number of halogens is 2. The molecule has 0 aliphatic rings. The van der Waals surface area contributed by atoms with Crippen LogP contribution >= 0.6 is 0 Å². The summed E-state index contributed by atoms with van der Waals surface area (Å²) in [5.41, 5.74) is 2.94. The lowest BCUT2D eigenvalue weighted by atomic mass is 10.3. The molecule has 0 aliphatic heterocycles. The van der Waals surface area contributed by atoms with Crippen molar-refractivity contribution in [1.29, 1.82) is 0 Å². The first-order chi connectivity index (χ1) is 9.08. The first-order valence-corrected chi connectivity index (χ1v) is 5.54. The quantitative estimate of drug-likeness (QED) is 0.381. The van der Waals surface area contributed by atoms with Gasteiger partial charge in [-0.1, -0.05) is 12.1 Å². The van der Waals surface area contributed by atoms with Crippen LogP contribution in [-0.2, 0) is 0 Å². The highest BCUT2D eigenvalue weighted by Gasteiger charge is 2.11. The highest BCUT2D eigenvalue weighted by Crippen LogP contribution is 2.21. The van der Waals surface area contributed by atoms with Gasteiger partial charge in [-0.3, -0.25) is 5.84 Å². The van der Waals surface area contributed by atoms with Crippen LogP contribution in [0.3, 0.4) is 0 Å². The van der Waals surface area contributed by atoms with Gasteiger partial charge in [0, 0.05) is 5.70 Å². The Bertz CT molecular complexity index is 504. The Morgan fingerprint density at radius 2 is 2.00 bits per heavy atom. The summed E-state index contributed by atoms with van der Waals surface area (Å²) in [4.78, 5) is 3.93. The normalized spacial score (nSPS) is 12.9. The number of hydrogen-bond acceptors (Lipinski definition) is 4. The molecule has 4 nitrogen and oxygen atoms in total. The molecule has 1 aromatic carbocycles. The second-order valence-corrected chi connectivity index (χ2v) is 3.58. The maximum absolute atomic E-state index is 13.4. The van der Waals surface area contributed by atoms with E-state index in [4.69, 9.17) is 10.6 Å². The van der Waals surface area contributed by atoms with Crippen LogP contribution in [0.4, 0.5) is 8.78 Å². The van der Waals surface area contributed by atoms with E-state index in [1.54, 1.807) is 19.9 Å². The van der Waals surface area contributed by atoms with E-state index < -0.39 is 17.4 Å². The van der Waals surface area contributed by atoms with Crippen LogP contribution in [0.5, 0.6) is 5.75 Å². The summed E-state index contributed by atoms with van der Waals surface area (Å²) in [6, 6.07) is 3.47. The third-order valence-electron chi connectivity index (χ3n) is 2.05. The molecule has 0 unspecified atom stereocenters. The van der Waals surface area contributed by atoms with E-state index in [0.717, 1.165) is 12.1 Å². The molecule has 0 atom stereocenters. The molecule has 3 N–H and O–H groups in total. The van der Waals surface area contributed by atoms with Crippen molar-refractivity contribution in [3.63, 3.8) is 0 Å². The van der Waals surface area contributed by atoms with Gasteiger partial charge in [-0.15, -0.1) is 0 Å². The summed E-state index contributed by atoms with van der Waals surface area (Å²) in [5, 5.41) is 0. The molecule has 0 saturated carbocycles. The number of aliphatic imine (C=N–C) groups is 1. The molecule has 0 radical (unpaired) electrons. The third-order valence-corrected chi connectivity index (χ3v) is 2.05. The fourth-order valence-corrected chi connectivity index (χ4v) is 1.13. The molecule has 1 aromatic rings. The predicted octanol–water partition coefficient (Wildman–Crippen LogP) is 2.64. The van der Waals surface area contributed by atoms with E-state index in [1.165, 1.54) is 18.3 Å². The van der Waals surface area contributed by atoms with E-state index in [0.29, 0.717) is 5.70 Å². The first kappa shape index (κ1) is 14.8. The second kappa shape index (κ2) is 7.27. The number of hydrazine groups is 1. The van der Waals surface area contributed by atoms with Crippen molar-refractivity contribution in [2.24, 2.45) is 10.8 Å². The molecule has 0 amide bonds. The smallest absolute Gasteiger partial charge is 0.219 e. The van der Waals surface area contributed by atoms with Crippen LogP contribution in [0.1, 0.15) is 13.8 Å². The van der Waals surface area contributed by atoms with Crippen LogP contribution in [-0.4, -0.2) is 5.90 Å². The number of nitrogens with zero attached hydrogens (tertiary/aromatic N) is 1. The summed E-state index contributed by atoms with van der Waals surface area (Å²) in [5.74, 6) is 3.12. The van der Waals surface area contributed by atoms with Crippen LogP contribution < -0.4 is 16.0 Å². The Morgan fingerprint density at radius 1 is 1.37 bits per heavy atom. The highest BCUT2D eigenvalue weighted by molar-refractivity contribution is 5.89. The van der Waals surface area contributed by atoms with Gasteiger partial charge in [0.25, 0.3) is 0 Å². The summed E-state index contributed by atoms with van der Waals surface area (Å²) >= 11 is 0. The number of nitrogens with two attached hydrogens (primary N) is 1. The van der Waals surface area contributed by atoms with Gasteiger partial charge in [-0.05, 0) is 32.1 Å². The molecule has 0 spiro atoms. The largest absolute Gasteiger partial charge is 0.433 e. The minimum atomic E-state index is -0.796. The molecule has 0 aliphatic carbocycles. The van der Waals surface area contributed by atoms with Crippen molar-refractivity contribution in [2.75, 3.05) is 0 Å². The van der Waals surface area contributed by atoms with Crippen molar-refractivity contribution >= 4 is 5.90 Å². The van der Waals surface area contributed by atoms with E-state index in [9.17, 15) is 8.78 Å². The standard InChI is InChI=1S/C13H15F2N3O/c1-3-5-12(17-8-9(2)18-16)19-13-10(14)6-4-7-11(13)15/h3-8,18H,16H2,1-2H3/b5-3+,9-8+,17-12-. The molecule has 19 heavy (non-hydrogen) atoms. The summed E-state index contributed by atoms with van der Waals surface area (Å²) < 4.78 is 32.0. The Morgan fingerprint density at radius 3 is 2.53 bits per heavy atom. The Labute approximate surface area is 110 Å². The molecule has 1 rings (SSSR count). The molecule has 6 heteroatoms. The predicted molar refractivity (Wildman–Crippen MR) is 70.3 cm³/mol. The number of hydrogen-bond donors (Lipinski definition) is 2. The van der Waals surface area contributed by atoms with Crippen LogP contribution in [0.15, 0.2) is 47.2 Å². The summed E-state index contributed by atoms with van der Waals surface area (Å²) in [6.07, 6.45) is 4.50. The molecule has 0 heterocycles. The lowest BCUT2D eigenvalue weighted by Crippen LogP contribution is -2.19. The maximum atomic E-state index is 13.4. The van der Waals surface area contributed by atoms with Gasteiger partial charge < -0.3 is 10.2 Å². The lowest BCUT2D eigenvalue weighted by Gasteiger charge is -2.07. The SMILES string of the molecule is C/C=C/C(=N/C=C(\C)NN)Oc1c(F)cccc1F. The monoisotopic (exact) mass is 267 g/mol. The number of rotatable bonds is 4. The second-order valence-electron chi connectivity index (χ2n) is 3.58. The zero-order chi connectivity index (χ0) is 14.3. The Kier molecular flexibility index (Phi) is 5.69. The molecular formula is C13H15F2N3O. The highest BCUT2D eigenvalue weighted by atomic mass is 19.1. The molecular weight excluding hydrogens is 252 g/mol. The summed E-state index contributed by atoms with van der Waals surface area (Å²) in [7, 11) is 0. The average molecular weight is 267 g/mol. The minimum absolute atomic E-state index is 0.0427. The lowest BCUT2D eigenvalue weighted by molar-refractivity contribution is 0.449. The van der Waals surface area contributed by atoms with Gasteiger partial charge in [0.15, 0.2) is 11.6 Å². The molecule has 0 aromatic heterocycles. The van der Waals surface area contributed by atoms with Gasteiger partial charge >= 0.3 is 0 Å². The third kappa shape index (κ3) is 4.51. The summed E-state index contributed by atoms with van der Waals surface area (Å²) in [6.45, 7) is 3.41. The Balaban J connectivity index is 3.03. The van der Waals surface area contributed by atoms with Gasteiger partial charge in [0.2, 0.25) is 11.6 Å². The number of benzene rings is 1. The van der Waals surface area contributed by atoms with Gasteiger partial charge in [0.05, 0.1) is 6.20 Å². The number of allylic oxidation sites excluding steroid dienone is 2. The number of nitrogens with one attached hydrogen (secondary N) is 1. The van der Waals surface area contributed by atoms with Crippen LogP contribution in [0, 0.1) is 11.6 Å². The van der Waals surface area contributed by atoms with Crippen molar-refractivity contribution in [3.8, 4) is 5.75 Å². The van der Waals surface area contributed by atoms with Crippen LogP contribution in [0.2, 0.25) is 0 Å². The van der Waals surface area contributed by atoms with E-state index in [2.05, 4.69) is 10.4 Å². The van der Waals surface area contributed by atoms with Crippen LogP contribution in [0.25, 0.3) is 0 Å². The Hall–Kier alpha value is -2.21. The number of ether oxygens (including phenoxy) is 1. The topological polar surface area (TPSA) is 59.6 Å². The fourth-order valence-electron chi connectivity index (χ4n) is 1.13.